The predicted octanol–water partition coefficient (Wildman–Crippen LogP) is 5.14. The highest BCUT2D eigenvalue weighted by atomic mass is 16.5. The Morgan fingerprint density at radius 1 is 0.905 bits per heavy atom. The third-order valence-corrected chi connectivity index (χ3v) is 8.96. The van der Waals surface area contributed by atoms with Crippen LogP contribution >= 0.6 is 0 Å². The molecule has 1 unspecified atom stereocenters. The molecule has 0 radical (unpaired) electrons. The number of ether oxygens (including phenoxy) is 1. The van der Waals surface area contributed by atoms with E-state index in [0.29, 0.717) is 44.2 Å². The number of hydrogen-bond donors (Lipinski definition) is 0. The van der Waals surface area contributed by atoms with Crippen LogP contribution in [0.2, 0.25) is 0 Å². The van der Waals surface area contributed by atoms with Gasteiger partial charge in [0.2, 0.25) is 11.8 Å². The fourth-order valence-corrected chi connectivity index (χ4v) is 6.63. The molecule has 1 saturated carbocycles. The molecule has 1 aliphatic carbocycles. The first-order valence-electron chi connectivity index (χ1n) is 15.1. The molecule has 1 atom stereocenters. The van der Waals surface area contributed by atoms with Crippen molar-refractivity contribution in [3.05, 3.63) is 88.4 Å². The number of benzene rings is 2. The Hall–Kier alpha value is -4.07. The Bertz CT molecular complexity index is 1470. The van der Waals surface area contributed by atoms with Gasteiger partial charge < -0.3 is 23.9 Å². The van der Waals surface area contributed by atoms with Crippen molar-refractivity contribution >= 4 is 17.7 Å². The van der Waals surface area contributed by atoms with Crippen LogP contribution in [-0.4, -0.2) is 65.1 Å². The quantitative estimate of drug-likeness (QED) is 0.411. The maximum Gasteiger partial charge on any atom is 0.289 e. The molecule has 1 aromatic heterocycles. The molecule has 8 heteroatoms. The molecule has 2 aliphatic heterocycles. The molecule has 3 aromatic rings. The Balaban J connectivity index is 1.18. The smallest absolute Gasteiger partial charge is 0.289 e. The van der Waals surface area contributed by atoms with Crippen molar-refractivity contribution in [3.63, 3.8) is 0 Å². The number of hydrogen-bond acceptors (Lipinski definition) is 5. The number of nitrogens with zero attached hydrogens (tertiary/aromatic N) is 3. The first kappa shape index (κ1) is 28.1. The van der Waals surface area contributed by atoms with Gasteiger partial charge in [-0.05, 0) is 67.1 Å². The summed E-state index contributed by atoms with van der Waals surface area (Å²) in [6.45, 7) is 6.58. The van der Waals surface area contributed by atoms with Gasteiger partial charge in [0.1, 0.15) is 18.1 Å². The number of aryl methyl sites for hydroxylation is 1. The second kappa shape index (κ2) is 12.0. The van der Waals surface area contributed by atoms with Crippen LogP contribution in [-0.2, 0) is 22.6 Å². The Labute approximate surface area is 247 Å². The summed E-state index contributed by atoms with van der Waals surface area (Å²) in [5.74, 6) is 1.78. The second-order valence-electron chi connectivity index (χ2n) is 11.8. The number of carbonyl (C=O) groups is 3. The maximum absolute atomic E-state index is 13.7. The van der Waals surface area contributed by atoms with E-state index in [9.17, 15) is 14.4 Å². The molecule has 0 N–H and O–H groups in total. The lowest BCUT2D eigenvalue weighted by Crippen LogP contribution is -2.50. The minimum Gasteiger partial charge on any atom is -0.486 e. The summed E-state index contributed by atoms with van der Waals surface area (Å²) in [4.78, 5) is 43.8. The molecule has 220 valence electrons. The average molecular weight is 570 g/mol. The Kier molecular flexibility index (Phi) is 8.05. The fraction of sp³-hybridized carbons (Fsp3) is 0.441. The number of amides is 3. The summed E-state index contributed by atoms with van der Waals surface area (Å²) in [5, 5.41) is 0. The SMILES string of the molecule is CC(=O)N1CCN(C(=O)c2ccc(COc3ccc4c(c3)C(c3cccc(C)c3)N(C(=O)C3CCCC3)CC4)o2)CC1. The molecule has 42 heavy (non-hydrogen) atoms. The standard InChI is InChI=1S/C34H39N3O5/c1-23-6-5-9-27(20-23)32-30-21-28(11-10-25(30)14-15-37(32)33(39)26-7-3-4-8-26)41-22-29-12-13-31(42-29)34(40)36-18-16-35(17-19-36)24(2)38/h5-6,9-13,20-21,26,32H,3-4,7-8,14-19,22H2,1-2H3. The molecule has 0 spiro atoms. The number of carbonyl (C=O) groups excluding carboxylic acids is 3. The average Bonchev–Trinajstić information content (AvgIpc) is 3.72. The third-order valence-electron chi connectivity index (χ3n) is 8.96. The van der Waals surface area contributed by atoms with Gasteiger partial charge in [-0.1, -0.05) is 48.7 Å². The van der Waals surface area contributed by atoms with Gasteiger partial charge in [0.25, 0.3) is 5.91 Å². The summed E-state index contributed by atoms with van der Waals surface area (Å²) in [6.07, 6.45) is 5.04. The van der Waals surface area contributed by atoms with E-state index >= 15 is 0 Å². The Morgan fingerprint density at radius 2 is 1.67 bits per heavy atom. The molecule has 1 saturated heterocycles. The summed E-state index contributed by atoms with van der Waals surface area (Å²) in [5.41, 5.74) is 4.64. The van der Waals surface area contributed by atoms with Gasteiger partial charge in [-0.15, -0.1) is 0 Å². The molecule has 8 nitrogen and oxygen atoms in total. The lowest BCUT2D eigenvalue weighted by Gasteiger charge is -2.39. The first-order valence-corrected chi connectivity index (χ1v) is 15.1. The number of furan rings is 1. The van der Waals surface area contributed by atoms with Crippen LogP contribution in [0.4, 0.5) is 0 Å². The molecule has 3 aliphatic rings. The van der Waals surface area contributed by atoms with Gasteiger partial charge in [0.15, 0.2) is 5.76 Å². The zero-order valence-electron chi connectivity index (χ0n) is 24.5. The third kappa shape index (κ3) is 5.80. The fourth-order valence-electron chi connectivity index (χ4n) is 6.63. The van der Waals surface area contributed by atoms with Crippen molar-refractivity contribution < 1.29 is 23.5 Å². The zero-order chi connectivity index (χ0) is 29.2. The predicted molar refractivity (Wildman–Crippen MR) is 158 cm³/mol. The van der Waals surface area contributed by atoms with Crippen LogP contribution in [0.3, 0.4) is 0 Å². The zero-order valence-corrected chi connectivity index (χ0v) is 24.5. The number of fused-ring (bicyclic) bond motifs is 1. The van der Waals surface area contributed by atoms with Gasteiger partial charge in [0.05, 0.1) is 6.04 Å². The maximum atomic E-state index is 13.7. The highest BCUT2D eigenvalue weighted by Crippen LogP contribution is 2.40. The topological polar surface area (TPSA) is 83.3 Å². The van der Waals surface area contributed by atoms with Crippen molar-refractivity contribution in [2.45, 2.75) is 58.6 Å². The molecule has 2 fully saturated rings. The van der Waals surface area contributed by atoms with Gasteiger partial charge in [-0.3, -0.25) is 14.4 Å². The van der Waals surface area contributed by atoms with Crippen LogP contribution in [0.1, 0.15) is 77.2 Å². The molecular formula is C34H39N3O5. The van der Waals surface area contributed by atoms with Crippen LogP contribution in [0.25, 0.3) is 0 Å². The number of piperazine rings is 1. The minimum atomic E-state index is -0.175. The Morgan fingerprint density at radius 3 is 2.40 bits per heavy atom. The monoisotopic (exact) mass is 569 g/mol. The highest BCUT2D eigenvalue weighted by molar-refractivity contribution is 5.91. The van der Waals surface area contributed by atoms with Crippen LogP contribution < -0.4 is 4.74 Å². The summed E-state index contributed by atoms with van der Waals surface area (Å²) in [6, 6.07) is 17.9. The normalized spacial score (nSPS) is 19.1. The summed E-state index contributed by atoms with van der Waals surface area (Å²) < 4.78 is 12.0. The minimum absolute atomic E-state index is 0.0278. The lowest BCUT2D eigenvalue weighted by molar-refractivity contribution is -0.137. The van der Waals surface area contributed by atoms with E-state index in [0.717, 1.165) is 43.2 Å². The van der Waals surface area contributed by atoms with Crippen molar-refractivity contribution in [2.75, 3.05) is 32.7 Å². The highest BCUT2D eigenvalue weighted by Gasteiger charge is 2.36. The second-order valence-corrected chi connectivity index (χ2v) is 11.8. The molecule has 0 bridgehead atoms. The largest absolute Gasteiger partial charge is 0.486 e. The van der Waals surface area contributed by atoms with Gasteiger partial charge >= 0.3 is 0 Å². The first-order chi connectivity index (χ1) is 20.4. The number of rotatable bonds is 6. The van der Waals surface area contributed by atoms with Crippen molar-refractivity contribution in [1.82, 2.24) is 14.7 Å². The van der Waals surface area contributed by atoms with Crippen LogP contribution in [0.15, 0.2) is 59.0 Å². The van der Waals surface area contributed by atoms with E-state index in [-0.39, 0.29) is 42.0 Å². The van der Waals surface area contributed by atoms with Gasteiger partial charge in [-0.2, -0.15) is 0 Å². The molecule has 2 aromatic carbocycles. The van der Waals surface area contributed by atoms with E-state index in [4.69, 9.17) is 9.15 Å². The van der Waals surface area contributed by atoms with E-state index in [1.165, 1.54) is 11.1 Å². The van der Waals surface area contributed by atoms with E-state index in [1.807, 2.05) is 6.07 Å². The van der Waals surface area contributed by atoms with Crippen molar-refractivity contribution in [3.8, 4) is 5.75 Å². The molecule has 6 rings (SSSR count). The molecule has 3 heterocycles. The van der Waals surface area contributed by atoms with Gasteiger partial charge in [0, 0.05) is 45.6 Å². The van der Waals surface area contributed by atoms with Crippen LogP contribution in [0, 0.1) is 12.8 Å². The lowest BCUT2D eigenvalue weighted by atomic mass is 9.86. The summed E-state index contributed by atoms with van der Waals surface area (Å²) >= 11 is 0. The molecular weight excluding hydrogens is 530 g/mol. The van der Waals surface area contributed by atoms with Crippen LogP contribution in [0.5, 0.6) is 5.75 Å². The van der Waals surface area contributed by atoms with Crippen molar-refractivity contribution in [1.29, 1.82) is 0 Å². The van der Waals surface area contributed by atoms with E-state index < -0.39 is 0 Å². The van der Waals surface area contributed by atoms with Gasteiger partial charge in [-0.25, -0.2) is 0 Å². The molecule has 3 amide bonds. The summed E-state index contributed by atoms with van der Waals surface area (Å²) in [7, 11) is 0. The van der Waals surface area contributed by atoms with E-state index in [1.54, 1.807) is 28.9 Å². The van der Waals surface area contributed by atoms with E-state index in [2.05, 4.69) is 48.2 Å². The van der Waals surface area contributed by atoms with Crippen molar-refractivity contribution in [2.24, 2.45) is 5.92 Å².